The number of aryl methyl sites for hydroxylation is 1. The fourth-order valence-electron chi connectivity index (χ4n) is 3.94. The molecule has 1 unspecified atom stereocenters. The first-order valence-corrected chi connectivity index (χ1v) is 10.7. The van der Waals surface area contributed by atoms with Crippen molar-refractivity contribution in [3.8, 4) is 5.75 Å². The SMILES string of the molecule is CCN(CC)c1ccc(C(Nc2ccncc2)c2ccc3ccc(C)nc3c2O)cc1. The molecule has 0 aliphatic rings. The summed E-state index contributed by atoms with van der Waals surface area (Å²) >= 11 is 0. The minimum atomic E-state index is -0.236. The first kappa shape index (κ1) is 20.7. The van der Waals surface area contributed by atoms with Crippen molar-refractivity contribution in [2.24, 2.45) is 0 Å². The normalized spacial score (nSPS) is 12.0. The van der Waals surface area contributed by atoms with E-state index in [1.165, 1.54) is 5.69 Å². The van der Waals surface area contributed by atoms with E-state index in [9.17, 15) is 5.11 Å². The van der Waals surface area contributed by atoms with Crippen LogP contribution in [0.25, 0.3) is 10.9 Å². The first-order valence-electron chi connectivity index (χ1n) is 10.7. The zero-order valence-corrected chi connectivity index (χ0v) is 18.2. The van der Waals surface area contributed by atoms with Crippen LogP contribution in [0.1, 0.15) is 36.7 Å². The quantitative estimate of drug-likeness (QED) is 0.408. The Morgan fingerprint density at radius 2 is 1.58 bits per heavy atom. The molecule has 1 atom stereocenters. The molecular formula is C26H28N4O. The molecule has 0 fully saturated rings. The van der Waals surface area contributed by atoms with Crippen molar-refractivity contribution in [1.82, 2.24) is 9.97 Å². The molecule has 2 aromatic heterocycles. The van der Waals surface area contributed by atoms with Crippen molar-refractivity contribution in [2.45, 2.75) is 26.8 Å². The van der Waals surface area contributed by atoms with Gasteiger partial charge in [0, 0.05) is 53.5 Å². The lowest BCUT2D eigenvalue weighted by Crippen LogP contribution is -2.21. The van der Waals surface area contributed by atoms with E-state index in [1.807, 2.05) is 43.3 Å². The molecular weight excluding hydrogens is 384 g/mol. The molecule has 158 valence electrons. The van der Waals surface area contributed by atoms with E-state index in [-0.39, 0.29) is 11.8 Å². The third-order valence-electron chi connectivity index (χ3n) is 5.66. The summed E-state index contributed by atoms with van der Waals surface area (Å²) in [6.45, 7) is 8.18. The van der Waals surface area contributed by atoms with Gasteiger partial charge < -0.3 is 15.3 Å². The molecule has 2 aromatic carbocycles. The van der Waals surface area contributed by atoms with Gasteiger partial charge in [-0.25, -0.2) is 4.98 Å². The molecule has 0 aliphatic carbocycles. The predicted octanol–water partition coefficient (Wildman–Crippen LogP) is 5.69. The second-order valence-corrected chi connectivity index (χ2v) is 7.60. The number of hydrogen-bond acceptors (Lipinski definition) is 5. The highest BCUT2D eigenvalue weighted by Crippen LogP contribution is 2.37. The Kier molecular flexibility index (Phi) is 6.03. The maximum absolute atomic E-state index is 11.2. The van der Waals surface area contributed by atoms with E-state index in [2.05, 4.69) is 58.3 Å². The number of rotatable bonds is 7. The minimum Gasteiger partial charge on any atom is -0.505 e. The fraction of sp³-hybridized carbons (Fsp3) is 0.231. The Balaban J connectivity index is 1.80. The van der Waals surface area contributed by atoms with Crippen LogP contribution in [-0.4, -0.2) is 28.2 Å². The minimum absolute atomic E-state index is 0.209. The summed E-state index contributed by atoms with van der Waals surface area (Å²) in [5, 5.41) is 15.7. The smallest absolute Gasteiger partial charge is 0.147 e. The zero-order chi connectivity index (χ0) is 21.8. The van der Waals surface area contributed by atoms with Crippen molar-refractivity contribution in [3.63, 3.8) is 0 Å². The lowest BCUT2D eigenvalue weighted by atomic mass is 9.95. The van der Waals surface area contributed by atoms with Crippen molar-refractivity contribution in [1.29, 1.82) is 0 Å². The van der Waals surface area contributed by atoms with E-state index < -0.39 is 0 Å². The number of fused-ring (bicyclic) bond motifs is 1. The summed E-state index contributed by atoms with van der Waals surface area (Å²) in [5.74, 6) is 0.209. The third-order valence-corrected chi connectivity index (χ3v) is 5.66. The molecule has 5 heteroatoms. The molecule has 2 N–H and O–H groups in total. The number of nitrogens with zero attached hydrogens (tertiary/aromatic N) is 3. The standard InChI is InChI=1S/C26H28N4O/c1-4-30(5-2)22-11-8-19(9-12-22)24(29-21-14-16-27-17-15-21)23-13-10-20-7-6-18(3)28-25(20)26(23)31/h6-17,24,31H,4-5H2,1-3H3,(H,27,29). The predicted molar refractivity (Wildman–Crippen MR) is 128 cm³/mol. The summed E-state index contributed by atoms with van der Waals surface area (Å²) in [6.07, 6.45) is 3.52. The Hall–Kier alpha value is -3.60. The molecule has 0 amide bonds. The average molecular weight is 413 g/mol. The molecule has 2 heterocycles. The lowest BCUT2D eigenvalue weighted by Gasteiger charge is -2.25. The van der Waals surface area contributed by atoms with Gasteiger partial charge in [0.15, 0.2) is 0 Å². The molecule has 0 spiro atoms. The van der Waals surface area contributed by atoms with E-state index in [1.54, 1.807) is 12.4 Å². The highest BCUT2D eigenvalue weighted by atomic mass is 16.3. The first-order chi connectivity index (χ1) is 15.1. The van der Waals surface area contributed by atoms with Gasteiger partial charge in [0.2, 0.25) is 0 Å². The number of phenols is 1. The molecule has 31 heavy (non-hydrogen) atoms. The number of phenolic OH excluding ortho intramolecular Hbond substituents is 1. The molecule has 0 aliphatic heterocycles. The van der Waals surface area contributed by atoms with Gasteiger partial charge in [-0.05, 0) is 56.7 Å². The highest BCUT2D eigenvalue weighted by Gasteiger charge is 2.20. The summed E-state index contributed by atoms with van der Waals surface area (Å²) in [4.78, 5) is 11.0. The molecule has 0 saturated heterocycles. The van der Waals surface area contributed by atoms with Gasteiger partial charge in [0.05, 0.1) is 6.04 Å². The van der Waals surface area contributed by atoms with Crippen LogP contribution < -0.4 is 10.2 Å². The Morgan fingerprint density at radius 1 is 0.903 bits per heavy atom. The van der Waals surface area contributed by atoms with Crippen LogP contribution in [0.2, 0.25) is 0 Å². The summed E-state index contributed by atoms with van der Waals surface area (Å²) < 4.78 is 0. The van der Waals surface area contributed by atoms with E-state index in [0.29, 0.717) is 5.52 Å². The number of benzene rings is 2. The maximum Gasteiger partial charge on any atom is 0.147 e. The number of aromatic nitrogens is 2. The summed E-state index contributed by atoms with van der Waals surface area (Å²) in [6, 6.07) is 20.1. The third kappa shape index (κ3) is 4.31. The van der Waals surface area contributed by atoms with Crippen molar-refractivity contribution in [2.75, 3.05) is 23.3 Å². The monoisotopic (exact) mass is 412 g/mol. The Morgan fingerprint density at radius 3 is 2.26 bits per heavy atom. The van der Waals surface area contributed by atoms with Gasteiger partial charge in [-0.15, -0.1) is 0 Å². The summed E-state index contributed by atoms with van der Waals surface area (Å²) in [5.41, 5.74) is 5.48. The maximum atomic E-state index is 11.2. The molecule has 0 radical (unpaired) electrons. The van der Waals surface area contributed by atoms with E-state index >= 15 is 0 Å². The number of nitrogens with one attached hydrogen (secondary N) is 1. The van der Waals surface area contributed by atoms with Crippen molar-refractivity contribution in [3.05, 3.63) is 89.9 Å². The zero-order valence-electron chi connectivity index (χ0n) is 18.2. The van der Waals surface area contributed by atoms with Gasteiger partial charge in [-0.2, -0.15) is 0 Å². The number of pyridine rings is 2. The number of anilines is 2. The van der Waals surface area contributed by atoms with Gasteiger partial charge in [0.1, 0.15) is 11.3 Å². The van der Waals surface area contributed by atoms with Crippen molar-refractivity contribution >= 4 is 22.3 Å². The molecule has 0 saturated carbocycles. The van der Waals surface area contributed by atoms with E-state index in [0.717, 1.165) is 41.0 Å². The topological polar surface area (TPSA) is 61.3 Å². The van der Waals surface area contributed by atoms with Crippen LogP contribution >= 0.6 is 0 Å². The van der Waals surface area contributed by atoms with Crippen LogP contribution in [0.3, 0.4) is 0 Å². The Labute approximate surface area is 183 Å². The lowest BCUT2D eigenvalue weighted by molar-refractivity contribution is 0.471. The second-order valence-electron chi connectivity index (χ2n) is 7.60. The number of hydrogen-bond donors (Lipinski definition) is 2. The van der Waals surface area contributed by atoms with Crippen LogP contribution in [0, 0.1) is 6.92 Å². The summed E-state index contributed by atoms with van der Waals surface area (Å²) in [7, 11) is 0. The van der Waals surface area contributed by atoms with Gasteiger partial charge in [-0.3, -0.25) is 4.98 Å². The average Bonchev–Trinajstić information content (AvgIpc) is 2.80. The number of aromatic hydroxyl groups is 1. The van der Waals surface area contributed by atoms with Crippen LogP contribution in [0.15, 0.2) is 73.1 Å². The molecule has 4 rings (SSSR count). The van der Waals surface area contributed by atoms with Gasteiger partial charge in [-0.1, -0.05) is 30.3 Å². The van der Waals surface area contributed by atoms with Gasteiger partial charge in [0.25, 0.3) is 0 Å². The highest BCUT2D eigenvalue weighted by molar-refractivity contribution is 5.86. The van der Waals surface area contributed by atoms with E-state index in [4.69, 9.17) is 0 Å². The van der Waals surface area contributed by atoms with Crippen LogP contribution in [0.4, 0.5) is 11.4 Å². The second kappa shape index (κ2) is 9.04. The van der Waals surface area contributed by atoms with Crippen LogP contribution in [-0.2, 0) is 0 Å². The molecule has 0 bridgehead atoms. The molecule has 4 aromatic rings. The van der Waals surface area contributed by atoms with Gasteiger partial charge >= 0.3 is 0 Å². The van der Waals surface area contributed by atoms with Crippen molar-refractivity contribution < 1.29 is 5.11 Å². The van der Waals surface area contributed by atoms with Crippen LogP contribution in [0.5, 0.6) is 5.75 Å². The fourth-order valence-corrected chi connectivity index (χ4v) is 3.94. The Bertz CT molecular complexity index is 1160. The largest absolute Gasteiger partial charge is 0.505 e. The molecule has 5 nitrogen and oxygen atoms in total.